The van der Waals surface area contributed by atoms with E-state index in [9.17, 15) is 0 Å². The van der Waals surface area contributed by atoms with Crippen LogP contribution >= 0.6 is 11.3 Å². The van der Waals surface area contributed by atoms with Crippen molar-refractivity contribution in [2.24, 2.45) is 5.92 Å². The van der Waals surface area contributed by atoms with Crippen LogP contribution in [0, 0.1) is 5.92 Å². The van der Waals surface area contributed by atoms with Crippen molar-refractivity contribution in [2.45, 2.75) is 38.8 Å². The van der Waals surface area contributed by atoms with Gasteiger partial charge in [-0.05, 0) is 53.8 Å². The zero-order valence-corrected chi connectivity index (χ0v) is 11.7. The summed E-state index contributed by atoms with van der Waals surface area (Å²) in [7, 11) is 0. The second kappa shape index (κ2) is 4.90. The molecule has 2 nitrogen and oxygen atoms in total. The van der Waals surface area contributed by atoms with Crippen LogP contribution in [-0.4, -0.2) is 0 Å². The molecule has 0 radical (unpaired) electrons. The fourth-order valence-corrected chi connectivity index (χ4v) is 3.05. The molecule has 3 rings (SSSR count). The van der Waals surface area contributed by atoms with Crippen LogP contribution < -0.4 is 5.32 Å². The summed E-state index contributed by atoms with van der Waals surface area (Å²) in [5, 5.41) is 7.81. The molecule has 0 saturated heterocycles. The lowest BCUT2D eigenvalue weighted by Gasteiger charge is -2.10. The summed E-state index contributed by atoms with van der Waals surface area (Å²) in [6, 6.07) is 6.79. The summed E-state index contributed by atoms with van der Waals surface area (Å²) in [6.07, 6.45) is 1.28. The Morgan fingerprint density at radius 3 is 2.94 bits per heavy atom. The zero-order chi connectivity index (χ0) is 12.5. The van der Waals surface area contributed by atoms with E-state index < -0.39 is 0 Å². The SMILES string of the molecule is CC(NCc1ccc(C2CC2C)o1)c1ccsc1. The molecule has 3 heteroatoms. The smallest absolute Gasteiger partial charge is 0.117 e. The lowest BCUT2D eigenvalue weighted by atomic mass is 10.2. The normalized spacial score (nSPS) is 24.1. The van der Waals surface area contributed by atoms with Crippen molar-refractivity contribution in [2.75, 3.05) is 0 Å². The minimum Gasteiger partial charge on any atom is -0.464 e. The molecular weight excluding hydrogens is 242 g/mol. The van der Waals surface area contributed by atoms with Gasteiger partial charge in [-0.15, -0.1) is 0 Å². The number of hydrogen-bond acceptors (Lipinski definition) is 3. The van der Waals surface area contributed by atoms with Crippen molar-refractivity contribution in [3.05, 3.63) is 46.0 Å². The third kappa shape index (κ3) is 2.52. The number of hydrogen-bond donors (Lipinski definition) is 1. The fourth-order valence-electron chi connectivity index (χ4n) is 2.30. The zero-order valence-electron chi connectivity index (χ0n) is 10.8. The topological polar surface area (TPSA) is 25.2 Å². The van der Waals surface area contributed by atoms with Gasteiger partial charge in [0.2, 0.25) is 0 Å². The monoisotopic (exact) mass is 261 g/mol. The first-order valence-corrected chi connectivity index (χ1v) is 7.52. The third-order valence-corrected chi connectivity index (χ3v) is 4.48. The maximum atomic E-state index is 5.89. The summed E-state index contributed by atoms with van der Waals surface area (Å²) >= 11 is 1.74. The predicted octanol–water partition coefficient (Wildman–Crippen LogP) is 4.32. The van der Waals surface area contributed by atoms with Gasteiger partial charge < -0.3 is 9.73 Å². The fraction of sp³-hybridized carbons (Fsp3) is 0.467. The first-order chi connectivity index (χ1) is 8.74. The van der Waals surface area contributed by atoms with Gasteiger partial charge in [0, 0.05) is 12.0 Å². The van der Waals surface area contributed by atoms with Gasteiger partial charge in [0.25, 0.3) is 0 Å². The molecule has 0 bridgehead atoms. The largest absolute Gasteiger partial charge is 0.464 e. The van der Waals surface area contributed by atoms with Crippen molar-refractivity contribution in [3.63, 3.8) is 0 Å². The van der Waals surface area contributed by atoms with Crippen molar-refractivity contribution in [1.82, 2.24) is 5.32 Å². The van der Waals surface area contributed by atoms with Gasteiger partial charge in [-0.3, -0.25) is 0 Å². The number of thiophene rings is 1. The highest BCUT2D eigenvalue weighted by atomic mass is 32.1. The van der Waals surface area contributed by atoms with Crippen LogP contribution in [0.15, 0.2) is 33.4 Å². The predicted molar refractivity (Wildman–Crippen MR) is 74.8 cm³/mol. The van der Waals surface area contributed by atoms with Crippen molar-refractivity contribution in [1.29, 1.82) is 0 Å². The molecule has 3 unspecified atom stereocenters. The molecule has 1 saturated carbocycles. The van der Waals surface area contributed by atoms with Crippen molar-refractivity contribution in [3.8, 4) is 0 Å². The van der Waals surface area contributed by atoms with Crippen LogP contribution in [0.3, 0.4) is 0 Å². The maximum Gasteiger partial charge on any atom is 0.117 e. The van der Waals surface area contributed by atoms with E-state index in [1.807, 2.05) is 0 Å². The molecular formula is C15H19NOS. The molecule has 0 spiro atoms. The second-order valence-electron chi connectivity index (χ2n) is 5.28. The van der Waals surface area contributed by atoms with Gasteiger partial charge in [-0.2, -0.15) is 11.3 Å². The van der Waals surface area contributed by atoms with E-state index >= 15 is 0 Å². The third-order valence-electron chi connectivity index (χ3n) is 3.78. The highest BCUT2D eigenvalue weighted by molar-refractivity contribution is 7.07. The molecule has 3 atom stereocenters. The van der Waals surface area contributed by atoms with Crippen LogP contribution in [0.4, 0.5) is 0 Å². The van der Waals surface area contributed by atoms with Crippen LogP contribution in [0.5, 0.6) is 0 Å². The summed E-state index contributed by atoms with van der Waals surface area (Å²) in [6.45, 7) is 5.27. The molecule has 1 aliphatic carbocycles. The summed E-state index contributed by atoms with van der Waals surface area (Å²) in [4.78, 5) is 0. The summed E-state index contributed by atoms with van der Waals surface area (Å²) in [5.41, 5.74) is 1.35. The van der Waals surface area contributed by atoms with E-state index in [1.54, 1.807) is 11.3 Å². The van der Waals surface area contributed by atoms with Crippen molar-refractivity contribution >= 4 is 11.3 Å². The first kappa shape index (κ1) is 12.0. The number of nitrogens with one attached hydrogen (secondary N) is 1. The van der Waals surface area contributed by atoms with E-state index in [0.717, 1.165) is 18.2 Å². The molecule has 1 fully saturated rings. The number of rotatable bonds is 5. The minimum atomic E-state index is 0.379. The van der Waals surface area contributed by atoms with Crippen LogP contribution in [0.2, 0.25) is 0 Å². The second-order valence-corrected chi connectivity index (χ2v) is 6.06. The van der Waals surface area contributed by atoms with Crippen LogP contribution in [0.1, 0.15) is 49.3 Å². The maximum absolute atomic E-state index is 5.89. The van der Waals surface area contributed by atoms with Gasteiger partial charge in [0.15, 0.2) is 0 Å². The molecule has 0 amide bonds. The molecule has 2 aromatic rings. The van der Waals surface area contributed by atoms with Gasteiger partial charge in [-0.1, -0.05) is 6.92 Å². The molecule has 1 N–H and O–H groups in total. The van der Waals surface area contributed by atoms with E-state index in [0.29, 0.717) is 12.0 Å². The van der Waals surface area contributed by atoms with E-state index in [-0.39, 0.29) is 0 Å². The Morgan fingerprint density at radius 2 is 2.28 bits per heavy atom. The van der Waals surface area contributed by atoms with Gasteiger partial charge >= 0.3 is 0 Å². The highest BCUT2D eigenvalue weighted by Crippen LogP contribution is 2.47. The molecule has 18 heavy (non-hydrogen) atoms. The average molecular weight is 261 g/mol. The minimum absolute atomic E-state index is 0.379. The quantitative estimate of drug-likeness (QED) is 0.867. The Hall–Kier alpha value is -1.06. The molecule has 0 aliphatic heterocycles. The number of furan rings is 1. The molecule has 2 heterocycles. The average Bonchev–Trinajstić information content (AvgIpc) is 2.87. The van der Waals surface area contributed by atoms with E-state index in [1.165, 1.54) is 17.7 Å². The lowest BCUT2D eigenvalue weighted by Crippen LogP contribution is -2.17. The summed E-state index contributed by atoms with van der Waals surface area (Å²) < 4.78 is 5.89. The molecule has 0 aromatic carbocycles. The van der Waals surface area contributed by atoms with Gasteiger partial charge in [0.1, 0.15) is 11.5 Å². The van der Waals surface area contributed by atoms with Crippen molar-refractivity contribution < 1.29 is 4.42 Å². The Morgan fingerprint density at radius 1 is 1.44 bits per heavy atom. The van der Waals surface area contributed by atoms with Crippen LogP contribution in [0.25, 0.3) is 0 Å². The molecule has 1 aliphatic rings. The standard InChI is InChI=1S/C15H19NOS/c1-10-7-14(10)15-4-3-13(17-15)8-16-11(2)12-5-6-18-9-12/h3-6,9-11,14,16H,7-8H2,1-2H3. The van der Waals surface area contributed by atoms with E-state index in [4.69, 9.17) is 4.42 Å². The lowest BCUT2D eigenvalue weighted by molar-refractivity contribution is 0.430. The Bertz CT molecular complexity index is 502. The first-order valence-electron chi connectivity index (χ1n) is 6.58. The Balaban J connectivity index is 1.55. The summed E-state index contributed by atoms with van der Waals surface area (Å²) in [5.74, 6) is 3.70. The van der Waals surface area contributed by atoms with Gasteiger partial charge in [0.05, 0.1) is 6.54 Å². The van der Waals surface area contributed by atoms with Crippen LogP contribution in [-0.2, 0) is 6.54 Å². The molecule has 96 valence electrons. The Kier molecular flexibility index (Phi) is 3.27. The molecule has 2 aromatic heterocycles. The van der Waals surface area contributed by atoms with E-state index in [2.05, 4.69) is 48.1 Å². The highest BCUT2D eigenvalue weighted by Gasteiger charge is 2.36. The van der Waals surface area contributed by atoms with Gasteiger partial charge in [-0.25, -0.2) is 0 Å². The Labute approximate surface area is 112 Å².